The Balaban J connectivity index is 2.52. The van der Waals surface area contributed by atoms with Crippen molar-refractivity contribution in [3.8, 4) is 5.75 Å². The molecule has 3 aromatic rings. The fourth-order valence-corrected chi connectivity index (χ4v) is 2.05. The van der Waals surface area contributed by atoms with Crippen LogP contribution in [0.4, 0.5) is 0 Å². The number of fused-ring (bicyclic) bond motifs is 2. The number of nitrogens with two attached hydrogens (primary N) is 1. The molecule has 0 aliphatic carbocycles. The first-order valence-electron chi connectivity index (χ1n) is 5.48. The predicted octanol–water partition coefficient (Wildman–Crippen LogP) is 2.19. The van der Waals surface area contributed by atoms with E-state index in [1.807, 2.05) is 24.3 Å². The van der Waals surface area contributed by atoms with Crippen LogP contribution in [0.25, 0.3) is 21.8 Å². The van der Waals surface area contributed by atoms with Gasteiger partial charge in [-0.1, -0.05) is 18.2 Å². The molecule has 1 heterocycles. The van der Waals surface area contributed by atoms with Crippen molar-refractivity contribution in [2.24, 2.45) is 5.73 Å². The van der Waals surface area contributed by atoms with Crippen LogP contribution in [0.3, 0.4) is 0 Å². The summed E-state index contributed by atoms with van der Waals surface area (Å²) >= 11 is 0. The Morgan fingerprint density at radius 3 is 2.72 bits per heavy atom. The number of amides is 1. The summed E-state index contributed by atoms with van der Waals surface area (Å²) in [5.74, 6) is -0.462. The van der Waals surface area contributed by atoms with E-state index in [-0.39, 0.29) is 5.75 Å². The minimum Gasteiger partial charge on any atom is -0.507 e. The lowest BCUT2D eigenvalue weighted by Crippen LogP contribution is -2.11. The van der Waals surface area contributed by atoms with Crippen LogP contribution in [-0.4, -0.2) is 16.0 Å². The van der Waals surface area contributed by atoms with Crippen LogP contribution in [0.1, 0.15) is 10.4 Å². The topological polar surface area (TPSA) is 76.2 Å². The molecule has 0 fully saturated rings. The second kappa shape index (κ2) is 3.70. The van der Waals surface area contributed by atoms with E-state index in [1.54, 1.807) is 6.07 Å². The maximum absolute atomic E-state index is 11.4. The summed E-state index contributed by atoms with van der Waals surface area (Å²) in [6.07, 6.45) is 0. The molecule has 88 valence electrons. The van der Waals surface area contributed by atoms with Gasteiger partial charge in [-0.3, -0.25) is 4.79 Å². The lowest BCUT2D eigenvalue weighted by Gasteiger charge is -2.06. The summed E-state index contributed by atoms with van der Waals surface area (Å²) in [5, 5.41) is 11.3. The number of nitrogens with zero attached hydrogens (tertiary/aromatic N) is 1. The number of rotatable bonds is 1. The van der Waals surface area contributed by atoms with Gasteiger partial charge in [-0.05, 0) is 24.3 Å². The summed E-state index contributed by atoms with van der Waals surface area (Å²) in [5.41, 5.74) is 6.82. The number of aromatic hydroxyl groups is 1. The summed E-state index contributed by atoms with van der Waals surface area (Å²) < 4.78 is 0. The zero-order valence-corrected chi connectivity index (χ0v) is 9.42. The van der Waals surface area contributed by atoms with Crippen LogP contribution in [0.5, 0.6) is 5.75 Å². The Bertz CT molecular complexity index is 781. The van der Waals surface area contributed by atoms with Crippen LogP contribution < -0.4 is 5.73 Å². The number of pyridine rings is 1. The Kier molecular flexibility index (Phi) is 2.16. The molecule has 0 aliphatic rings. The molecule has 0 radical (unpaired) electrons. The number of carbonyl (C=O) groups is 1. The lowest BCUT2D eigenvalue weighted by molar-refractivity contribution is 0.100. The number of aromatic nitrogens is 1. The van der Waals surface area contributed by atoms with Crippen molar-refractivity contribution in [3.63, 3.8) is 0 Å². The monoisotopic (exact) mass is 238 g/mol. The molecule has 18 heavy (non-hydrogen) atoms. The largest absolute Gasteiger partial charge is 0.507 e. The lowest BCUT2D eigenvalue weighted by atomic mass is 10.1. The van der Waals surface area contributed by atoms with E-state index in [9.17, 15) is 9.90 Å². The van der Waals surface area contributed by atoms with E-state index in [2.05, 4.69) is 4.98 Å². The van der Waals surface area contributed by atoms with Gasteiger partial charge < -0.3 is 10.8 Å². The highest BCUT2D eigenvalue weighted by Crippen LogP contribution is 2.29. The smallest absolute Gasteiger partial charge is 0.250 e. The van der Waals surface area contributed by atoms with Crippen LogP contribution in [0.15, 0.2) is 42.5 Å². The van der Waals surface area contributed by atoms with Gasteiger partial charge >= 0.3 is 0 Å². The van der Waals surface area contributed by atoms with E-state index in [4.69, 9.17) is 5.73 Å². The maximum atomic E-state index is 11.4. The minimum absolute atomic E-state index is 0.0910. The first-order chi connectivity index (χ1) is 8.66. The quantitative estimate of drug-likeness (QED) is 0.638. The van der Waals surface area contributed by atoms with Crippen molar-refractivity contribution in [2.45, 2.75) is 0 Å². The molecule has 0 bridgehead atoms. The van der Waals surface area contributed by atoms with Gasteiger partial charge in [0.25, 0.3) is 5.91 Å². The van der Waals surface area contributed by atoms with Crippen molar-refractivity contribution < 1.29 is 9.90 Å². The van der Waals surface area contributed by atoms with Crippen molar-refractivity contribution in [1.82, 2.24) is 4.98 Å². The fourth-order valence-electron chi connectivity index (χ4n) is 2.05. The van der Waals surface area contributed by atoms with Gasteiger partial charge in [0.05, 0.1) is 16.6 Å². The molecule has 1 amide bonds. The van der Waals surface area contributed by atoms with E-state index < -0.39 is 5.91 Å². The second-order valence-corrected chi connectivity index (χ2v) is 4.07. The van der Waals surface area contributed by atoms with E-state index in [1.165, 1.54) is 12.1 Å². The minimum atomic E-state index is -0.553. The number of para-hydroxylation sites is 1. The van der Waals surface area contributed by atoms with Crippen molar-refractivity contribution in [2.75, 3.05) is 0 Å². The Labute approximate surface area is 103 Å². The second-order valence-electron chi connectivity index (χ2n) is 4.07. The standard InChI is InChI=1S/C14H10N2O2/c15-14(18)9-5-6-12(17)10-7-8-3-1-2-4-11(8)16-13(9)10/h1-7,17H,(H2,15,18). The molecule has 3 rings (SSSR count). The first kappa shape index (κ1) is 10.5. The molecule has 2 aromatic carbocycles. The number of phenolic OH excluding ortho intramolecular Hbond substituents is 1. The molecule has 4 heteroatoms. The normalized spacial score (nSPS) is 10.9. The predicted molar refractivity (Wildman–Crippen MR) is 69.4 cm³/mol. The molecule has 3 N–H and O–H groups in total. The summed E-state index contributed by atoms with van der Waals surface area (Å²) in [4.78, 5) is 15.8. The third-order valence-corrected chi connectivity index (χ3v) is 2.93. The van der Waals surface area contributed by atoms with E-state index >= 15 is 0 Å². The van der Waals surface area contributed by atoms with Gasteiger partial charge in [0.1, 0.15) is 5.75 Å². The maximum Gasteiger partial charge on any atom is 0.250 e. The van der Waals surface area contributed by atoms with Gasteiger partial charge in [-0.15, -0.1) is 0 Å². The highest BCUT2D eigenvalue weighted by molar-refractivity contribution is 6.08. The Morgan fingerprint density at radius 1 is 1.17 bits per heavy atom. The number of primary amides is 1. The molecule has 0 aliphatic heterocycles. The van der Waals surface area contributed by atoms with Crippen molar-refractivity contribution >= 4 is 27.7 Å². The first-order valence-corrected chi connectivity index (χ1v) is 5.48. The summed E-state index contributed by atoms with van der Waals surface area (Å²) in [7, 11) is 0. The zero-order valence-electron chi connectivity index (χ0n) is 9.42. The van der Waals surface area contributed by atoms with Crippen LogP contribution in [0.2, 0.25) is 0 Å². The molecular formula is C14H10N2O2. The number of benzene rings is 2. The summed E-state index contributed by atoms with van der Waals surface area (Å²) in [6.45, 7) is 0. The fraction of sp³-hybridized carbons (Fsp3) is 0. The molecule has 4 nitrogen and oxygen atoms in total. The van der Waals surface area contributed by atoms with Crippen LogP contribution in [-0.2, 0) is 0 Å². The third-order valence-electron chi connectivity index (χ3n) is 2.93. The van der Waals surface area contributed by atoms with E-state index in [0.717, 1.165) is 10.9 Å². The molecule has 0 spiro atoms. The molecule has 0 saturated carbocycles. The average Bonchev–Trinajstić information content (AvgIpc) is 2.37. The van der Waals surface area contributed by atoms with Gasteiger partial charge in [0.2, 0.25) is 0 Å². The van der Waals surface area contributed by atoms with Gasteiger partial charge in [0, 0.05) is 10.8 Å². The summed E-state index contributed by atoms with van der Waals surface area (Å²) in [6, 6.07) is 12.3. The third kappa shape index (κ3) is 1.47. The van der Waals surface area contributed by atoms with Crippen LogP contribution >= 0.6 is 0 Å². The van der Waals surface area contributed by atoms with Crippen LogP contribution in [0, 0.1) is 0 Å². The number of hydrogen-bond acceptors (Lipinski definition) is 3. The van der Waals surface area contributed by atoms with Crippen molar-refractivity contribution in [1.29, 1.82) is 0 Å². The van der Waals surface area contributed by atoms with Crippen molar-refractivity contribution in [3.05, 3.63) is 48.0 Å². The number of phenols is 1. The molecule has 0 unspecified atom stereocenters. The Hall–Kier alpha value is -2.62. The molecular weight excluding hydrogens is 228 g/mol. The molecule has 0 saturated heterocycles. The van der Waals surface area contributed by atoms with Gasteiger partial charge in [-0.25, -0.2) is 4.98 Å². The van der Waals surface area contributed by atoms with E-state index in [0.29, 0.717) is 16.5 Å². The molecule has 1 aromatic heterocycles. The zero-order chi connectivity index (χ0) is 12.7. The number of carbonyl (C=O) groups excluding carboxylic acids is 1. The SMILES string of the molecule is NC(=O)c1ccc(O)c2cc3ccccc3nc12. The average molecular weight is 238 g/mol. The Morgan fingerprint density at radius 2 is 1.94 bits per heavy atom. The highest BCUT2D eigenvalue weighted by Gasteiger charge is 2.11. The molecule has 0 atom stereocenters. The number of hydrogen-bond donors (Lipinski definition) is 2. The highest BCUT2D eigenvalue weighted by atomic mass is 16.3. The van der Waals surface area contributed by atoms with Gasteiger partial charge in [0.15, 0.2) is 0 Å². The van der Waals surface area contributed by atoms with Gasteiger partial charge in [-0.2, -0.15) is 0 Å².